The van der Waals surface area contributed by atoms with Gasteiger partial charge in [0.2, 0.25) is 11.8 Å². The number of phenolic OH excluding ortho intramolecular Hbond substituents is 2. The summed E-state index contributed by atoms with van der Waals surface area (Å²) in [5.41, 5.74) is 1.92. The highest BCUT2D eigenvalue weighted by molar-refractivity contribution is 7.75. The Labute approximate surface area is 199 Å². The first-order valence-electron chi connectivity index (χ1n) is 9.91. The van der Waals surface area contributed by atoms with Gasteiger partial charge in [-0.15, -0.1) is 0 Å². The van der Waals surface area contributed by atoms with E-state index in [4.69, 9.17) is 11.6 Å². The molecule has 2 aliphatic rings. The number of carboxylic acid groups (broad SMARTS) is 1. The zero-order valence-corrected chi connectivity index (χ0v) is 19.2. The Morgan fingerprint density at radius 1 is 1.35 bits per heavy atom. The van der Waals surface area contributed by atoms with Gasteiger partial charge in [-0.1, -0.05) is 11.6 Å². The summed E-state index contributed by atoms with van der Waals surface area (Å²) in [7, 11) is -3.41. The molecule has 5 N–H and O–H groups in total. The molecule has 0 spiro atoms. The number of aliphatic carboxylic acids is 1. The van der Waals surface area contributed by atoms with Crippen molar-refractivity contribution in [3.8, 4) is 11.5 Å². The number of β-lactam (4-membered cyclic amide) rings is 1. The van der Waals surface area contributed by atoms with Crippen LogP contribution < -0.4 is 10.7 Å². The molecule has 1 saturated heterocycles. The second-order valence-electron chi connectivity index (χ2n) is 7.97. The molecule has 2 fully saturated rings. The third-order valence-corrected chi connectivity index (χ3v) is 7.17. The molecule has 15 heteroatoms. The number of fused-ring (bicyclic) bond motifs is 1. The van der Waals surface area contributed by atoms with Gasteiger partial charge in [0.15, 0.2) is 28.2 Å². The van der Waals surface area contributed by atoms with E-state index in [2.05, 4.69) is 15.8 Å². The van der Waals surface area contributed by atoms with Crippen LogP contribution in [0.3, 0.4) is 0 Å². The number of likely N-dealkylation sites (tertiary alicyclic amines) is 1. The number of amides is 3. The van der Waals surface area contributed by atoms with E-state index in [0.29, 0.717) is 6.42 Å². The number of nitrogens with zero attached hydrogens (tertiary/aromatic N) is 2. The Bertz CT molecular complexity index is 1160. The Morgan fingerprint density at radius 3 is 2.59 bits per heavy atom. The molecule has 184 valence electrons. The van der Waals surface area contributed by atoms with Crippen LogP contribution in [0.2, 0.25) is 5.02 Å². The van der Waals surface area contributed by atoms with Crippen molar-refractivity contribution in [3.05, 3.63) is 22.7 Å². The largest absolute Gasteiger partial charge is 0.504 e. The molecule has 0 radical (unpaired) electrons. The lowest BCUT2D eigenvalue weighted by Crippen LogP contribution is -2.64. The molecule has 1 aromatic rings. The highest BCUT2D eigenvalue weighted by Crippen LogP contribution is 2.50. The van der Waals surface area contributed by atoms with Gasteiger partial charge in [0, 0.05) is 25.2 Å². The van der Waals surface area contributed by atoms with Gasteiger partial charge in [-0.3, -0.25) is 14.4 Å². The molecule has 13 nitrogen and oxygen atoms in total. The number of carboxylic acids is 1. The first-order chi connectivity index (χ1) is 15.9. The number of hydrogen-bond donors (Lipinski definition) is 6. The average Bonchev–Trinajstić information content (AvgIpc) is 3.50. The molecular formula is C19H21ClN4O9S. The number of aromatic hydroxyl groups is 2. The maximum absolute atomic E-state index is 12.1. The number of halogens is 1. The molecule has 3 rings (SSSR count). The summed E-state index contributed by atoms with van der Waals surface area (Å²) in [5, 5.41) is 34.1. The van der Waals surface area contributed by atoms with E-state index in [0.717, 1.165) is 24.1 Å². The first kappa shape index (κ1) is 25.2. The van der Waals surface area contributed by atoms with Crippen molar-refractivity contribution in [1.82, 2.24) is 15.6 Å². The number of rotatable bonds is 10. The fourth-order valence-corrected chi connectivity index (χ4v) is 4.45. The zero-order chi connectivity index (χ0) is 25.4. The summed E-state index contributed by atoms with van der Waals surface area (Å²) in [6.07, 6.45) is 0.945. The van der Waals surface area contributed by atoms with Crippen LogP contribution in [-0.2, 0) is 25.1 Å². The van der Waals surface area contributed by atoms with Crippen LogP contribution in [0.5, 0.6) is 11.5 Å². The minimum Gasteiger partial charge on any atom is -0.504 e. The van der Waals surface area contributed by atoms with E-state index < -0.39 is 56.7 Å². The van der Waals surface area contributed by atoms with E-state index in [9.17, 15) is 42.9 Å². The predicted octanol–water partition coefficient (Wildman–Crippen LogP) is -0.973. The molecule has 1 aliphatic carbocycles. The lowest BCUT2D eigenvalue weighted by molar-refractivity contribution is -0.157. The van der Waals surface area contributed by atoms with Crippen molar-refractivity contribution in [3.63, 3.8) is 0 Å². The van der Waals surface area contributed by atoms with Crippen LogP contribution in [0, 0.1) is 5.92 Å². The molecule has 1 aromatic carbocycles. The number of carbonyl (C=O) groups is 4. The highest BCUT2D eigenvalue weighted by atomic mass is 35.5. The van der Waals surface area contributed by atoms with E-state index in [-0.39, 0.29) is 35.5 Å². The fourth-order valence-electron chi connectivity index (χ4n) is 3.62. The van der Waals surface area contributed by atoms with E-state index in [1.54, 1.807) is 0 Å². The van der Waals surface area contributed by atoms with Crippen LogP contribution in [0.25, 0.3) is 0 Å². The second-order valence-corrected chi connectivity index (χ2v) is 9.83. The average molecular weight is 517 g/mol. The molecule has 34 heavy (non-hydrogen) atoms. The summed E-state index contributed by atoms with van der Waals surface area (Å²) < 4.78 is 21.7. The van der Waals surface area contributed by atoms with Crippen molar-refractivity contribution in [2.75, 3.05) is 6.54 Å². The van der Waals surface area contributed by atoms with Crippen molar-refractivity contribution in [2.45, 2.75) is 36.6 Å². The minimum atomic E-state index is -3.41. The Kier molecular flexibility index (Phi) is 7.02. The number of benzene rings is 1. The van der Waals surface area contributed by atoms with Gasteiger partial charge in [-0.2, -0.15) is 5.10 Å². The standard InChI is InChI=1S/C19H21ClN4O9S/c1-19(34(32)33,15(18(30)31)24-10-6-9(10)17(24)29)7-22-23-12(26)4-5-21-16(28)8-2-3-11(25)14(27)13(8)20/h2-3,7,9-10,15,25,27,34H,4-6H2,1H3,(H,21,28)(H,23,26)(H,30,31)/b22-7+/t9?,10-,15+,19?/m1/s1. The third-order valence-electron chi connectivity index (χ3n) is 5.64. The van der Waals surface area contributed by atoms with Gasteiger partial charge in [0.25, 0.3) is 5.91 Å². The number of nitrogens with one attached hydrogen (secondary N) is 2. The molecule has 0 bridgehead atoms. The smallest absolute Gasteiger partial charge is 0.328 e. The van der Waals surface area contributed by atoms with Crippen molar-refractivity contribution in [1.29, 1.82) is 0 Å². The summed E-state index contributed by atoms with van der Waals surface area (Å²) in [6.45, 7) is 0.904. The van der Waals surface area contributed by atoms with Crippen LogP contribution in [0.15, 0.2) is 17.2 Å². The Morgan fingerprint density at radius 2 is 2.03 bits per heavy atom. The summed E-state index contributed by atoms with van der Waals surface area (Å²) >= 11 is 5.79. The zero-order valence-electron chi connectivity index (χ0n) is 17.6. The molecule has 2 unspecified atom stereocenters. The third kappa shape index (κ3) is 4.63. The van der Waals surface area contributed by atoms with E-state index >= 15 is 0 Å². The quantitative estimate of drug-likeness (QED) is 0.0742. The van der Waals surface area contributed by atoms with Crippen LogP contribution in [0.1, 0.15) is 30.1 Å². The first-order valence-corrected chi connectivity index (χ1v) is 11.5. The van der Waals surface area contributed by atoms with Gasteiger partial charge in [0.1, 0.15) is 4.75 Å². The summed E-state index contributed by atoms with van der Waals surface area (Å²) in [6, 6.07) is 0.236. The minimum absolute atomic E-state index is 0.136. The molecule has 0 aromatic heterocycles. The molecule has 1 saturated carbocycles. The monoisotopic (exact) mass is 516 g/mol. The molecule has 1 heterocycles. The van der Waals surface area contributed by atoms with E-state index in [1.165, 1.54) is 6.07 Å². The van der Waals surface area contributed by atoms with Crippen LogP contribution in [-0.4, -0.2) is 81.9 Å². The van der Waals surface area contributed by atoms with Gasteiger partial charge in [-0.25, -0.2) is 18.6 Å². The SMILES string of the molecule is CC(/C=N/NC(=O)CCNC(=O)c1ccc(O)c(O)c1Cl)([C@H](C(=O)O)N1C(=O)C2C[C@H]21)[SH](=O)=O. The number of phenols is 2. The van der Waals surface area contributed by atoms with Crippen molar-refractivity contribution < 1.29 is 42.9 Å². The number of carbonyl (C=O) groups excluding carboxylic acids is 3. The van der Waals surface area contributed by atoms with Gasteiger partial charge in [-0.05, 0) is 25.5 Å². The molecular weight excluding hydrogens is 496 g/mol. The maximum atomic E-state index is 12.1. The lowest BCUT2D eigenvalue weighted by atomic mass is 9.97. The van der Waals surface area contributed by atoms with Gasteiger partial charge >= 0.3 is 5.97 Å². The molecule has 3 amide bonds. The summed E-state index contributed by atoms with van der Waals surface area (Å²) in [5.74, 6) is -4.84. The number of thiol groups is 1. The number of hydrogen-bond acceptors (Lipinski definition) is 9. The Balaban J connectivity index is 1.57. The normalized spacial score (nSPS) is 21.4. The van der Waals surface area contributed by atoms with Crippen molar-refractivity contribution in [2.24, 2.45) is 11.0 Å². The summed E-state index contributed by atoms with van der Waals surface area (Å²) in [4.78, 5) is 48.9. The topological polar surface area (TPSA) is 203 Å². The van der Waals surface area contributed by atoms with Crippen molar-refractivity contribution >= 4 is 52.2 Å². The predicted molar refractivity (Wildman–Crippen MR) is 117 cm³/mol. The van der Waals surface area contributed by atoms with Crippen LogP contribution in [0.4, 0.5) is 0 Å². The Hall–Kier alpha value is -3.39. The van der Waals surface area contributed by atoms with Crippen LogP contribution >= 0.6 is 11.6 Å². The van der Waals surface area contributed by atoms with Gasteiger partial charge < -0.3 is 25.5 Å². The number of hydrazone groups is 1. The molecule has 4 atom stereocenters. The fraction of sp³-hybridized carbons (Fsp3) is 0.421. The van der Waals surface area contributed by atoms with E-state index in [1.807, 2.05) is 0 Å². The lowest BCUT2D eigenvalue weighted by Gasteiger charge is -2.40. The highest BCUT2D eigenvalue weighted by Gasteiger charge is 2.66. The maximum Gasteiger partial charge on any atom is 0.328 e. The van der Waals surface area contributed by atoms with Gasteiger partial charge in [0.05, 0.1) is 16.5 Å². The second kappa shape index (κ2) is 9.46. The molecule has 1 aliphatic heterocycles.